The molecule has 0 heterocycles. The topological polar surface area (TPSA) is 17.1 Å². The van der Waals surface area contributed by atoms with E-state index in [0.29, 0.717) is 0 Å². The van der Waals surface area contributed by atoms with E-state index in [1.807, 2.05) is 34.6 Å². The Bertz CT molecular complexity index is 270. The first-order chi connectivity index (χ1) is 6.37. The molecule has 0 aromatic rings. The van der Waals surface area contributed by atoms with Crippen LogP contribution in [0.4, 0.5) is 0 Å². The third-order valence-corrected chi connectivity index (χ3v) is 8.87. The summed E-state index contributed by atoms with van der Waals surface area (Å²) in [5.41, 5.74) is 2.97. The predicted molar refractivity (Wildman–Crippen MR) is 71.4 cm³/mol. The minimum atomic E-state index is -2.40. The molecule has 0 saturated heterocycles. The summed E-state index contributed by atoms with van der Waals surface area (Å²) >= 11 is 3.03. The second kappa shape index (κ2) is 6.16. The SMILES string of the molecule is CCSC#CP(=O)(SCC)C(C)(C)C. The van der Waals surface area contributed by atoms with Crippen molar-refractivity contribution < 1.29 is 4.57 Å². The van der Waals surface area contributed by atoms with E-state index >= 15 is 0 Å². The smallest absolute Gasteiger partial charge is 0.212 e. The van der Waals surface area contributed by atoms with Crippen LogP contribution >= 0.6 is 29.5 Å². The van der Waals surface area contributed by atoms with Crippen molar-refractivity contribution in [3.63, 3.8) is 0 Å². The molecule has 0 aliphatic carbocycles. The number of thioether (sulfide) groups is 1. The molecule has 82 valence electrons. The van der Waals surface area contributed by atoms with E-state index in [9.17, 15) is 4.57 Å². The second-order valence-electron chi connectivity index (χ2n) is 3.79. The molecule has 0 aliphatic heterocycles. The van der Waals surface area contributed by atoms with E-state index in [-0.39, 0.29) is 5.16 Å². The fourth-order valence-corrected chi connectivity index (χ4v) is 5.56. The van der Waals surface area contributed by atoms with Gasteiger partial charge in [0, 0.05) is 10.9 Å². The van der Waals surface area contributed by atoms with Crippen molar-refractivity contribution in [2.24, 2.45) is 0 Å². The van der Waals surface area contributed by atoms with Gasteiger partial charge in [-0.15, -0.1) is 0 Å². The molecule has 0 spiro atoms. The van der Waals surface area contributed by atoms with Crippen LogP contribution in [0.15, 0.2) is 0 Å². The van der Waals surface area contributed by atoms with Gasteiger partial charge < -0.3 is 0 Å². The first kappa shape index (κ1) is 14.5. The summed E-state index contributed by atoms with van der Waals surface area (Å²) < 4.78 is 12.5. The van der Waals surface area contributed by atoms with Crippen LogP contribution in [0.25, 0.3) is 0 Å². The van der Waals surface area contributed by atoms with E-state index in [0.717, 1.165) is 11.5 Å². The largest absolute Gasteiger partial charge is 0.298 e. The van der Waals surface area contributed by atoms with Crippen LogP contribution in [0.2, 0.25) is 0 Å². The second-order valence-corrected chi connectivity index (χ2v) is 10.7. The lowest BCUT2D eigenvalue weighted by Gasteiger charge is -2.25. The molecule has 0 bridgehead atoms. The summed E-state index contributed by atoms with van der Waals surface area (Å²) in [6, 6.07) is 0. The van der Waals surface area contributed by atoms with Gasteiger partial charge in [-0.25, -0.2) is 0 Å². The Kier molecular flexibility index (Phi) is 6.37. The molecule has 0 aromatic heterocycles. The van der Waals surface area contributed by atoms with Crippen LogP contribution in [-0.4, -0.2) is 16.7 Å². The van der Waals surface area contributed by atoms with Crippen molar-refractivity contribution in [2.45, 2.75) is 39.8 Å². The highest BCUT2D eigenvalue weighted by atomic mass is 32.7. The summed E-state index contributed by atoms with van der Waals surface area (Å²) in [6.45, 7) is 10.1. The molecule has 1 nitrogen and oxygen atoms in total. The molecule has 0 rings (SSSR count). The van der Waals surface area contributed by atoms with E-state index in [1.54, 1.807) is 0 Å². The van der Waals surface area contributed by atoms with E-state index in [2.05, 4.69) is 10.9 Å². The summed E-state index contributed by atoms with van der Waals surface area (Å²) in [5, 5.41) is 2.74. The van der Waals surface area contributed by atoms with Gasteiger partial charge >= 0.3 is 0 Å². The zero-order valence-electron chi connectivity index (χ0n) is 9.59. The van der Waals surface area contributed by atoms with Gasteiger partial charge in [0.15, 0.2) is 0 Å². The van der Waals surface area contributed by atoms with Crippen LogP contribution in [-0.2, 0) is 4.57 Å². The average Bonchev–Trinajstić information content (AvgIpc) is 2.03. The van der Waals surface area contributed by atoms with Crippen molar-refractivity contribution in [1.82, 2.24) is 0 Å². The number of hydrogen-bond acceptors (Lipinski definition) is 3. The lowest BCUT2D eigenvalue weighted by atomic mass is 10.3. The Morgan fingerprint density at radius 3 is 2.14 bits per heavy atom. The Hall–Kier alpha value is 0.490. The molecule has 14 heavy (non-hydrogen) atoms. The van der Waals surface area contributed by atoms with E-state index in [1.165, 1.54) is 23.1 Å². The molecule has 0 aromatic carbocycles. The highest BCUT2D eigenvalue weighted by Crippen LogP contribution is 2.67. The maximum absolute atomic E-state index is 12.5. The number of hydrogen-bond donors (Lipinski definition) is 0. The minimum Gasteiger partial charge on any atom is -0.298 e. The van der Waals surface area contributed by atoms with Gasteiger partial charge in [0.2, 0.25) is 6.34 Å². The lowest BCUT2D eigenvalue weighted by molar-refractivity contribution is 0.569. The Morgan fingerprint density at radius 1 is 1.21 bits per heavy atom. The molecular formula is C10H19OPS2. The first-order valence-corrected chi connectivity index (χ1v) is 9.04. The van der Waals surface area contributed by atoms with Crippen LogP contribution in [0.1, 0.15) is 34.6 Å². The molecular weight excluding hydrogens is 231 g/mol. The van der Waals surface area contributed by atoms with Gasteiger partial charge in [0.25, 0.3) is 0 Å². The van der Waals surface area contributed by atoms with Gasteiger partial charge in [-0.1, -0.05) is 57.8 Å². The molecule has 0 N–H and O–H groups in total. The monoisotopic (exact) mass is 250 g/mol. The van der Waals surface area contributed by atoms with E-state index in [4.69, 9.17) is 0 Å². The molecule has 0 saturated carbocycles. The van der Waals surface area contributed by atoms with Crippen molar-refractivity contribution in [2.75, 3.05) is 11.5 Å². The van der Waals surface area contributed by atoms with Gasteiger partial charge in [0.05, 0.1) is 0 Å². The van der Waals surface area contributed by atoms with Crippen molar-refractivity contribution in [3.05, 3.63) is 0 Å². The normalized spacial score (nSPS) is 15.5. The zero-order valence-corrected chi connectivity index (χ0v) is 12.1. The highest BCUT2D eigenvalue weighted by Gasteiger charge is 2.34. The fourth-order valence-electron chi connectivity index (χ4n) is 0.740. The molecule has 4 heteroatoms. The molecule has 1 unspecified atom stereocenters. The summed E-state index contributed by atoms with van der Waals surface area (Å²) in [4.78, 5) is 0. The molecule has 0 fully saturated rings. The van der Waals surface area contributed by atoms with Crippen molar-refractivity contribution in [3.8, 4) is 10.9 Å². The molecule has 1 atom stereocenters. The summed E-state index contributed by atoms with van der Waals surface area (Å²) in [5.74, 6) is 1.81. The zero-order chi connectivity index (χ0) is 11.2. The van der Waals surface area contributed by atoms with Crippen LogP contribution < -0.4 is 0 Å². The fraction of sp³-hybridized carbons (Fsp3) is 0.800. The molecule has 0 amide bonds. The van der Waals surface area contributed by atoms with Gasteiger partial charge in [-0.3, -0.25) is 4.57 Å². The molecule has 0 aliphatic rings. The maximum atomic E-state index is 12.5. The van der Waals surface area contributed by atoms with Crippen molar-refractivity contribution >= 4 is 29.5 Å². The van der Waals surface area contributed by atoms with Crippen LogP contribution in [0.5, 0.6) is 0 Å². The average molecular weight is 250 g/mol. The first-order valence-electron chi connectivity index (χ1n) is 4.76. The van der Waals surface area contributed by atoms with Crippen LogP contribution in [0, 0.1) is 10.9 Å². The highest BCUT2D eigenvalue weighted by molar-refractivity contribution is 8.60. The number of rotatable bonds is 3. The lowest BCUT2D eigenvalue weighted by Crippen LogP contribution is -2.11. The van der Waals surface area contributed by atoms with Crippen molar-refractivity contribution in [1.29, 1.82) is 0 Å². The Morgan fingerprint density at radius 2 is 1.79 bits per heavy atom. The molecule has 0 radical (unpaired) electrons. The standard InChI is InChI=1S/C10H19OPS2/c1-6-13-9-8-12(11,14-7-2)10(3,4)5/h6-7H2,1-5H3. The summed E-state index contributed by atoms with van der Waals surface area (Å²) in [6.07, 6.45) is -2.40. The third kappa shape index (κ3) is 4.34. The quantitative estimate of drug-likeness (QED) is 0.542. The van der Waals surface area contributed by atoms with Gasteiger partial charge in [-0.2, -0.15) is 0 Å². The van der Waals surface area contributed by atoms with Crippen LogP contribution in [0.3, 0.4) is 0 Å². The van der Waals surface area contributed by atoms with Gasteiger partial charge in [0.1, 0.15) is 0 Å². The van der Waals surface area contributed by atoms with Gasteiger partial charge in [-0.05, 0) is 16.7 Å². The summed E-state index contributed by atoms with van der Waals surface area (Å²) in [7, 11) is 0. The Balaban J connectivity index is 4.77. The Labute approximate surface area is 96.3 Å². The maximum Gasteiger partial charge on any atom is 0.212 e. The third-order valence-electron chi connectivity index (χ3n) is 1.60. The minimum absolute atomic E-state index is 0.213. The predicted octanol–water partition coefficient (Wildman–Crippen LogP) is 4.49. The van der Waals surface area contributed by atoms with E-state index < -0.39 is 6.34 Å².